The Hall–Kier alpha value is -0.780. The first-order valence-corrected chi connectivity index (χ1v) is 7.84. The molecule has 0 saturated heterocycles. The number of alkyl halides is 4. The molecule has 144 valence electrons. The van der Waals surface area contributed by atoms with Crippen molar-refractivity contribution >= 4 is 35.1 Å². The molecule has 0 aliphatic carbocycles. The number of carboxylic acids is 2. The third kappa shape index (κ3) is 14.8. The number of rotatable bonds is 11. The van der Waals surface area contributed by atoms with Gasteiger partial charge in [0.2, 0.25) is 0 Å². The maximum atomic E-state index is 12.2. The summed E-state index contributed by atoms with van der Waals surface area (Å²) in [6, 6.07) is -2.75. The molecule has 0 bridgehead atoms. The normalized spacial score (nSPS) is 17.0. The zero-order valence-electron chi connectivity index (χ0n) is 12.9. The summed E-state index contributed by atoms with van der Waals surface area (Å²) in [7, 11) is 0. The van der Waals surface area contributed by atoms with Crippen LogP contribution in [0.2, 0.25) is 0 Å². The molecule has 8 nitrogen and oxygen atoms in total. The summed E-state index contributed by atoms with van der Waals surface area (Å²) < 4.78 is 23.9. The predicted molar refractivity (Wildman–Crippen MR) is 87.2 cm³/mol. The Morgan fingerprint density at radius 1 is 1.00 bits per heavy atom. The largest absolute Gasteiger partial charge is 0.480 e. The van der Waals surface area contributed by atoms with Gasteiger partial charge in [0.1, 0.15) is 18.9 Å². The van der Waals surface area contributed by atoms with E-state index in [2.05, 4.69) is 5.32 Å². The lowest BCUT2D eigenvalue weighted by molar-refractivity contribution is -0.140. The van der Waals surface area contributed by atoms with E-state index in [-0.39, 0.29) is 19.3 Å². The van der Waals surface area contributed by atoms with E-state index in [1.54, 1.807) is 0 Å². The van der Waals surface area contributed by atoms with Crippen LogP contribution in [-0.4, -0.2) is 58.2 Å². The molecule has 0 rings (SSSR count). The minimum atomic E-state index is -1.65. The van der Waals surface area contributed by atoms with Crippen molar-refractivity contribution in [3.8, 4) is 0 Å². The van der Waals surface area contributed by atoms with Crippen LogP contribution in [0.4, 0.5) is 8.78 Å². The Balaban J connectivity index is 0. The van der Waals surface area contributed by atoms with Gasteiger partial charge in [-0.05, 0) is 25.7 Å². The lowest BCUT2D eigenvalue weighted by Gasteiger charge is -2.12. The Morgan fingerprint density at radius 3 is 1.88 bits per heavy atom. The fraction of sp³-hybridized carbons (Fsp3) is 0.833. The van der Waals surface area contributed by atoms with Crippen LogP contribution in [-0.2, 0) is 9.59 Å². The van der Waals surface area contributed by atoms with Crippen molar-refractivity contribution in [2.24, 2.45) is 17.2 Å². The molecule has 0 aromatic carbocycles. The number of aliphatic carboxylic acids is 2. The van der Waals surface area contributed by atoms with Crippen LogP contribution in [0.15, 0.2) is 0 Å². The number of halogens is 4. The SMILES string of the molecule is NC(CCC(N)C(F)Cl)C(=O)O.NC(Cl)CC[C@H](NCF)C(=O)O. The molecule has 9 N–H and O–H groups in total. The smallest absolute Gasteiger partial charge is 0.320 e. The van der Waals surface area contributed by atoms with E-state index >= 15 is 0 Å². The van der Waals surface area contributed by atoms with Gasteiger partial charge in [0.25, 0.3) is 0 Å². The van der Waals surface area contributed by atoms with Crippen LogP contribution in [0, 0.1) is 0 Å². The van der Waals surface area contributed by atoms with Gasteiger partial charge in [-0.25, -0.2) is 8.78 Å². The fourth-order valence-corrected chi connectivity index (χ4v) is 1.61. The molecule has 0 radical (unpaired) electrons. The molecule has 0 saturated carbocycles. The van der Waals surface area contributed by atoms with Gasteiger partial charge < -0.3 is 27.4 Å². The Morgan fingerprint density at radius 2 is 1.54 bits per heavy atom. The average Bonchev–Trinajstić information content (AvgIpc) is 2.48. The predicted octanol–water partition coefficient (Wildman–Crippen LogP) is 0.300. The third-order valence-electron chi connectivity index (χ3n) is 2.80. The van der Waals surface area contributed by atoms with Gasteiger partial charge >= 0.3 is 11.9 Å². The van der Waals surface area contributed by atoms with Crippen molar-refractivity contribution in [2.45, 2.75) is 54.9 Å². The van der Waals surface area contributed by atoms with E-state index in [0.29, 0.717) is 6.42 Å². The van der Waals surface area contributed by atoms with E-state index < -0.39 is 48.0 Å². The lowest BCUT2D eigenvalue weighted by Crippen LogP contribution is -2.37. The molecule has 4 unspecified atom stereocenters. The molecule has 0 aromatic heterocycles. The van der Waals surface area contributed by atoms with Crippen LogP contribution in [0.1, 0.15) is 25.7 Å². The minimum Gasteiger partial charge on any atom is -0.480 e. The molecule has 24 heavy (non-hydrogen) atoms. The second-order valence-corrected chi connectivity index (χ2v) is 5.82. The minimum absolute atomic E-state index is 0.129. The highest BCUT2D eigenvalue weighted by molar-refractivity contribution is 6.20. The lowest BCUT2D eigenvalue weighted by atomic mass is 10.1. The average molecular weight is 397 g/mol. The summed E-state index contributed by atoms with van der Waals surface area (Å²) >= 11 is 10.4. The first-order valence-electron chi connectivity index (χ1n) is 6.96. The van der Waals surface area contributed by atoms with Crippen LogP contribution in [0.5, 0.6) is 0 Å². The van der Waals surface area contributed by atoms with Crippen LogP contribution < -0.4 is 22.5 Å². The van der Waals surface area contributed by atoms with Gasteiger partial charge in [-0.3, -0.25) is 14.9 Å². The number of hydrogen-bond donors (Lipinski definition) is 6. The molecule has 0 fully saturated rings. The number of hydrogen-bond acceptors (Lipinski definition) is 6. The highest BCUT2D eigenvalue weighted by atomic mass is 35.5. The van der Waals surface area contributed by atoms with Crippen molar-refractivity contribution in [2.75, 3.05) is 6.80 Å². The number of nitrogens with two attached hydrogens (primary N) is 3. The Kier molecular flexibility index (Phi) is 15.4. The summed E-state index contributed by atoms with van der Waals surface area (Å²) in [5.74, 6) is -2.21. The summed E-state index contributed by atoms with van der Waals surface area (Å²) in [5, 5.41) is 19.0. The molecule has 5 atom stereocenters. The molecule has 0 aromatic rings. The quantitative estimate of drug-likeness (QED) is 0.214. The van der Waals surface area contributed by atoms with Crippen LogP contribution >= 0.6 is 23.2 Å². The fourth-order valence-electron chi connectivity index (χ4n) is 1.35. The standard InChI is InChI=1S/2C6H12ClFN2O2/c7-5(9)2-1-4(6(11)12)10-3-8;7-5(8)3(9)1-2-4(10)6(11)12/h4-5,10H,1-3,9H2,(H,11,12);3-5H,1-2,9-10H2,(H,11,12)/t4-,5?;/m0./s1. The molecule has 0 spiro atoms. The Bertz CT molecular complexity index is 368. The van der Waals surface area contributed by atoms with E-state index in [9.17, 15) is 18.4 Å². The van der Waals surface area contributed by atoms with Crippen molar-refractivity contribution in [1.82, 2.24) is 5.32 Å². The molecule has 0 aliphatic heterocycles. The summed E-state index contributed by atoms with van der Waals surface area (Å²) in [5.41, 5.74) is 13.3. The maximum absolute atomic E-state index is 12.2. The van der Waals surface area contributed by atoms with Gasteiger partial charge in [-0.15, -0.1) is 11.6 Å². The summed E-state index contributed by atoms with van der Waals surface area (Å²) in [6.07, 6.45) is 0.858. The Labute approximate surface area is 148 Å². The second kappa shape index (κ2) is 14.6. The topological polar surface area (TPSA) is 165 Å². The summed E-state index contributed by atoms with van der Waals surface area (Å²) in [6.45, 7) is -0.867. The van der Waals surface area contributed by atoms with E-state index in [0.717, 1.165) is 0 Å². The van der Waals surface area contributed by atoms with Gasteiger partial charge in [-0.1, -0.05) is 11.6 Å². The van der Waals surface area contributed by atoms with Gasteiger partial charge in [0, 0.05) is 0 Å². The molecule has 0 heterocycles. The third-order valence-corrected chi connectivity index (χ3v) is 3.35. The number of nitrogens with one attached hydrogen (secondary N) is 1. The highest BCUT2D eigenvalue weighted by Gasteiger charge is 2.18. The van der Waals surface area contributed by atoms with Gasteiger partial charge in [0.15, 0.2) is 5.63 Å². The monoisotopic (exact) mass is 396 g/mol. The van der Waals surface area contributed by atoms with Crippen molar-refractivity contribution in [1.29, 1.82) is 0 Å². The molecule has 0 amide bonds. The molecule has 12 heteroatoms. The summed E-state index contributed by atoms with van der Waals surface area (Å²) in [4.78, 5) is 20.6. The van der Waals surface area contributed by atoms with Crippen LogP contribution in [0.3, 0.4) is 0 Å². The zero-order valence-corrected chi connectivity index (χ0v) is 14.4. The molecular weight excluding hydrogens is 373 g/mol. The van der Waals surface area contributed by atoms with Crippen molar-refractivity contribution < 1.29 is 28.6 Å². The first kappa shape index (κ1) is 25.5. The zero-order chi connectivity index (χ0) is 19.3. The number of carbonyl (C=O) groups is 2. The van der Waals surface area contributed by atoms with Crippen molar-refractivity contribution in [3.05, 3.63) is 0 Å². The van der Waals surface area contributed by atoms with Gasteiger partial charge in [-0.2, -0.15) is 0 Å². The first-order chi connectivity index (χ1) is 11.0. The van der Waals surface area contributed by atoms with Gasteiger partial charge in [0.05, 0.1) is 11.5 Å². The highest BCUT2D eigenvalue weighted by Crippen LogP contribution is 2.08. The van der Waals surface area contributed by atoms with Crippen molar-refractivity contribution in [3.63, 3.8) is 0 Å². The van der Waals surface area contributed by atoms with E-state index in [4.69, 9.17) is 50.6 Å². The van der Waals surface area contributed by atoms with Crippen LogP contribution in [0.25, 0.3) is 0 Å². The van der Waals surface area contributed by atoms with E-state index in [1.807, 2.05) is 0 Å². The second-order valence-electron chi connectivity index (χ2n) is 4.84. The maximum Gasteiger partial charge on any atom is 0.320 e. The molecule has 0 aliphatic rings. The van der Waals surface area contributed by atoms with E-state index in [1.165, 1.54) is 0 Å². The molecular formula is C12H24Cl2F2N4O4. The number of carboxylic acid groups (broad SMARTS) is 2.